The van der Waals surface area contributed by atoms with E-state index in [9.17, 15) is 0 Å². The summed E-state index contributed by atoms with van der Waals surface area (Å²) in [6, 6.07) is 15.1. The molecule has 0 aliphatic carbocycles. The molecule has 0 heteroatoms. The van der Waals surface area contributed by atoms with Crippen LogP contribution in [0.5, 0.6) is 0 Å². The number of allylic oxidation sites excluding steroid dienone is 2. The summed E-state index contributed by atoms with van der Waals surface area (Å²) >= 11 is 0. The van der Waals surface area contributed by atoms with Crippen LogP contribution in [-0.2, 0) is 25.7 Å². The first kappa shape index (κ1) is 47.3. The van der Waals surface area contributed by atoms with Gasteiger partial charge in [-0.05, 0) is 71.9 Å². The van der Waals surface area contributed by atoms with Crippen molar-refractivity contribution in [3.05, 3.63) is 81.9 Å². The molecule has 2 rings (SSSR count). The molecule has 53 heavy (non-hydrogen) atoms. The van der Waals surface area contributed by atoms with Crippen molar-refractivity contribution < 1.29 is 0 Å². The van der Waals surface area contributed by atoms with E-state index in [0.29, 0.717) is 11.8 Å². The van der Waals surface area contributed by atoms with Crippen molar-refractivity contribution in [3.8, 4) is 0 Å². The van der Waals surface area contributed by atoms with Crippen LogP contribution in [0.4, 0.5) is 0 Å². The van der Waals surface area contributed by atoms with E-state index >= 15 is 0 Å². The summed E-state index contributed by atoms with van der Waals surface area (Å²) in [6.07, 6.45) is 47.6. The Morgan fingerprint density at radius 2 is 0.623 bits per heavy atom. The van der Waals surface area contributed by atoms with Gasteiger partial charge < -0.3 is 0 Å². The zero-order chi connectivity index (χ0) is 38.2. The minimum absolute atomic E-state index is 0.517. The molecule has 0 nitrogen and oxygen atoms in total. The van der Waals surface area contributed by atoms with Crippen molar-refractivity contribution in [1.29, 1.82) is 0 Å². The van der Waals surface area contributed by atoms with Crippen LogP contribution in [0, 0.1) is 0 Å². The first-order chi connectivity index (χ1) is 26.1. The van der Waals surface area contributed by atoms with Crippen molar-refractivity contribution in [2.24, 2.45) is 0 Å². The van der Waals surface area contributed by atoms with E-state index in [0.717, 1.165) is 0 Å². The van der Waals surface area contributed by atoms with Gasteiger partial charge in [0.2, 0.25) is 0 Å². The molecule has 2 atom stereocenters. The van der Waals surface area contributed by atoms with Gasteiger partial charge in [-0.2, -0.15) is 0 Å². The van der Waals surface area contributed by atoms with Crippen molar-refractivity contribution >= 4 is 0 Å². The molecule has 302 valence electrons. The monoisotopic (exact) mass is 727 g/mol. The summed E-state index contributed by atoms with van der Waals surface area (Å²) in [5, 5.41) is 0. The van der Waals surface area contributed by atoms with Crippen LogP contribution in [-0.4, -0.2) is 0 Å². The van der Waals surface area contributed by atoms with Crippen LogP contribution < -0.4 is 0 Å². The molecule has 0 fully saturated rings. The van der Waals surface area contributed by atoms with E-state index in [2.05, 4.69) is 90.1 Å². The molecule has 0 N–H and O–H groups in total. The zero-order valence-electron chi connectivity index (χ0n) is 36.7. The molecule has 2 aromatic carbocycles. The second kappa shape index (κ2) is 32.4. The molecular formula is C53H90. The number of rotatable bonds is 35. The highest BCUT2D eigenvalue weighted by Crippen LogP contribution is 2.32. The maximum Gasteiger partial charge on any atom is 0.00182 e. The summed E-state index contributed by atoms with van der Waals surface area (Å²) in [4.78, 5) is 0. The van der Waals surface area contributed by atoms with E-state index in [-0.39, 0.29) is 0 Å². The summed E-state index contributed by atoms with van der Waals surface area (Å²) in [7, 11) is 0. The number of hydrogen-bond acceptors (Lipinski definition) is 0. The van der Waals surface area contributed by atoms with Crippen LogP contribution >= 0.6 is 0 Å². The first-order valence-corrected chi connectivity index (χ1v) is 24.0. The molecule has 0 saturated heterocycles. The first-order valence-electron chi connectivity index (χ1n) is 24.0. The van der Waals surface area contributed by atoms with E-state index in [1.807, 2.05) is 0 Å². The van der Waals surface area contributed by atoms with Gasteiger partial charge >= 0.3 is 0 Å². The van der Waals surface area contributed by atoms with E-state index in [1.165, 1.54) is 199 Å². The lowest BCUT2D eigenvalue weighted by Crippen LogP contribution is -2.03. The molecular weight excluding hydrogens is 637 g/mol. The van der Waals surface area contributed by atoms with Gasteiger partial charge in [-0.25, -0.2) is 0 Å². The lowest BCUT2D eigenvalue weighted by molar-refractivity contribution is 0.520. The summed E-state index contributed by atoms with van der Waals surface area (Å²) in [6.45, 7) is 14.0. The molecule has 0 heterocycles. The number of hydrogen-bond donors (Lipinski definition) is 0. The lowest BCUT2D eigenvalue weighted by atomic mass is 9.85. The van der Waals surface area contributed by atoms with Crippen molar-refractivity contribution in [1.82, 2.24) is 0 Å². The number of unbranched alkanes of at least 4 members (excludes halogenated alkanes) is 19. The second-order valence-corrected chi connectivity index (χ2v) is 16.9. The fourth-order valence-corrected chi connectivity index (χ4v) is 8.67. The Morgan fingerprint density at radius 3 is 0.962 bits per heavy atom. The Bertz CT molecular complexity index is 1150. The van der Waals surface area contributed by atoms with Gasteiger partial charge in [0, 0.05) is 11.8 Å². The largest absolute Gasteiger partial charge is 0.0804 e. The fraction of sp³-hybridized carbons (Fsp3) is 0.736. The van der Waals surface area contributed by atoms with Gasteiger partial charge in [-0.15, -0.1) is 0 Å². The highest BCUT2D eigenvalue weighted by Gasteiger charge is 2.15. The third-order valence-corrected chi connectivity index (χ3v) is 12.0. The second-order valence-electron chi connectivity index (χ2n) is 16.9. The Hall–Kier alpha value is -1.82. The molecule has 0 bridgehead atoms. The number of benzene rings is 2. The van der Waals surface area contributed by atoms with Crippen molar-refractivity contribution in [3.63, 3.8) is 0 Å². The van der Waals surface area contributed by atoms with E-state index in [4.69, 9.17) is 0 Å². The molecule has 0 aliphatic heterocycles. The average molecular weight is 727 g/mol. The maximum absolute atomic E-state index is 2.65. The minimum atomic E-state index is 0.517. The Morgan fingerprint density at radius 1 is 0.321 bits per heavy atom. The third kappa shape index (κ3) is 21.2. The van der Waals surface area contributed by atoms with Crippen molar-refractivity contribution in [2.75, 3.05) is 0 Å². The van der Waals surface area contributed by atoms with Crippen molar-refractivity contribution in [2.45, 2.75) is 252 Å². The van der Waals surface area contributed by atoms with E-state index in [1.54, 1.807) is 33.4 Å². The lowest BCUT2D eigenvalue weighted by Gasteiger charge is -2.20. The Kier molecular flexibility index (Phi) is 29.0. The highest BCUT2D eigenvalue weighted by molar-refractivity contribution is 5.38. The molecule has 0 aliphatic rings. The molecule has 0 radical (unpaired) electrons. The topological polar surface area (TPSA) is 0 Å². The SMILES string of the molecule is CCCCCCCCCCCCCCCCCCCCCC(C=CC(CCCC)c1ccc(CCC)c(CCC)c1)c1ccc(CCC)c(CCC)c1. The quantitative estimate of drug-likeness (QED) is 0.0490. The standard InChI is InChI=1S/C53H90/c1-7-13-15-16-17-18-19-20-21-22-23-24-25-26-27-28-29-30-31-37-49(53-43-41-47(33-10-4)51(45-53)35-12-6)39-38-48(36-14-8-2)52-42-40-46(32-9-3)50(44-52)34-11-5/h38-45,48-49H,7-37H2,1-6H3. The zero-order valence-corrected chi connectivity index (χ0v) is 36.7. The average Bonchev–Trinajstić information content (AvgIpc) is 3.16. The van der Waals surface area contributed by atoms with Gasteiger partial charge in [0.05, 0.1) is 0 Å². The maximum atomic E-state index is 2.65. The van der Waals surface area contributed by atoms with Crippen LogP contribution in [0.15, 0.2) is 48.6 Å². The van der Waals surface area contributed by atoms with Crippen LogP contribution in [0.1, 0.15) is 260 Å². The van der Waals surface area contributed by atoms with Gasteiger partial charge in [-0.1, -0.05) is 251 Å². The molecule has 0 amide bonds. The highest BCUT2D eigenvalue weighted by atomic mass is 14.2. The van der Waals surface area contributed by atoms with Crippen LogP contribution in [0.2, 0.25) is 0 Å². The third-order valence-electron chi connectivity index (χ3n) is 12.0. The summed E-state index contributed by atoms with van der Waals surface area (Å²) < 4.78 is 0. The predicted molar refractivity (Wildman–Crippen MR) is 241 cm³/mol. The smallest absolute Gasteiger partial charge is 0.00182 e. The molecule has 0 spiro atoms. The van der Waals surface area contributed by atoms with Gasteiger partial charge in [-0.3, -0.25) is 0 Å². The van der Waals surface area contributed by atoms with Crippen LogP contribution in [0.3, 0.4) is 0 Å². The van der Waals surface area contributed by atoms with Gasteiger partial charge in [0.1, 0.15) is 0 Å². The van der Waals surface area contributed by atoms with Crippen LogP contribution in [0.25, 0.3) is 0 Å². The Balaban J connectivity index is 1.92. The molecule has 2 aromatic rings. The molecule has 0 aromatic heterocycles. The predicted octanol–water partition coefficient (Wildman–Crippen LogP) is 17.9. The molecule has 0 saturated carbocycles. The van der Waals surface area contributed by atoms with E-state index < -0.39 is 0 Å². The van der Waals surface area contributed by atoms with Gasteiger partial charge in [0.15, 0.2) is 0 Å². The van der Waals surface area contributed by atoms with Gasteiger partial charge in [0.25, 0.3) is 0 Å². The summed E-state index contributed by atoms with van der Waals surface area (Å²) in [5.74, 6) is 1.04. The summed E-state index contributed by atoms with van der Waals surface area (Å²) in [5.41, 5.74) is 9.48. The number of aryl methyl sites for hydroxylation is 4. The fourth-order valence-electron chi connectivity index (χ4n) is 8.67. The Labute approximate surface area is 333 Å². The molecule has 2 unspecified atom stereocenters. The normalized spacial score (nSPS) is 12.9. The minimum Gasteiger partial charge on any atom is -0.0804 e.